The van der Waals surface area contributed by atoms with E-state index in [1.807, 2.05) is 0 Å². The maximum absolute atomic E-state index is 3.77. The van der Waals surface area contributed by atoms with E-state index in [-0.39, 0.29) is 0 Å². The van der Waals surface area contributed by atoms with Crippen LogP contribution < -0.4 is 10.6 Å². The van der Waals surface area contributed by atoms with E-state index in [1.165, 1.54) is 22.3 Å². The molecular weight excluding hydrogens is 256 g/mol. The Bertz CT molecular complexity index is 592. The first-order valence-electron chi connectivity index (χ1n) is 7.97. The van der Waals surface area contributed by atoms with Crippen LogP contribution in [0.5, 0.6) is 0 Å². The van der Waals surface area contributed by atoms with Gasteiger partial charge in [0.25, 0.3) is 0 Å². The second-order valence-electron chi connectivity index (χ2n) is 5.72. The highest BCUT2D eigenvalue weighted by molar-refractivity contribution is 5.32. The first-order chi connectivity index (χ1) is 10.4. The van der Waals surface area contributed by atoms with Gasteiger partial charge in [0.1, 0.15) is 0 Å². The van der Waals surface area contributed by atoms with Crippen LogP contribution in [-0.2, 0) is 19.5 Å². The molecule has 3 rings (SSSR count). The van der Waals surface area contributed by atoms with E-state index in [0.29, 0.717) is 6.04 Å². The summed E-state index contributed by atoms with van der Waals surface area (Å²) in [5, 5.41) is 7.28. The maximum Gasteiger partial charge on any atom is 0.0338 e. The molecule has 0 amide bonds. The summed E-state index contributed by atoms with van der Waals surface area (Å²) < 4.78 is 0. The molecule has 0 saturated heterocycles. The molecule has 110 valence electrons. The van der Waals surface area contributed by atoms with Crippen molar-refractivity contribution in [2.75, 3.05) is 6.54 Å². The predicted octanol–water partition coefficient (Wildman–Crippen LogP) is 3.57. The average molecular weight is 280 g/mol. The molecule has 0 fully saturated rings. The van der Waals surface area contributed by atoms with E-state index in [0.717, 1.165) is 32.5 Å². The van der Waals surface area contributed by atoms with Crippen molar-refractivity contribution in [1.29, 1.82) is 0 Å². The number of aryl methyl sites for hydroxylation is 1. The first-order valence-corrected chi connectivity index (χ1v) is 7.97. The summed E-state index contributed by atoms with van der Waals surface area (Å²) in [6.45, 7) is 5.23. The summed E-state index contributed by atoms with van der Waals surface area (Å²) in [6.07, 6.45) is 2.24. The third-order valence-electron chi connectivity index (χ3n) is 4.39. The summed E-state index contributed by atoms with van der Waals surface area (Å²) in [4.78, 5) is 0. The lowest BCUT2D eigenvalue weighted by molar-refractivity contribution is 0.495. The molecule has 0 aromatic heterocycles. The largest absolute Gasteiger partial charge is 0.313 e. The van der Waals surface area contributed by atoms with Crippen molar-refractivity contribution in [2.24, 2.45) is 0 Å². The molecule has 1 atom stereocenters. The van der Waals surface area contributed by atoms with Crippen LogP contribution in [0.15, 0.2) is 48.5 Å². The highest BCUT2D eigenvalue weighted by atomic mass is 14.9. The number of nitrogens with one attached hydrogen (secondary N) is 2. The van der Waals surface area contributed by atoms with Crippen molar-refractivity contribution in [3.8, 4) is 0 Å². The number of hydrogen-bond donors (Lipinski definition) is 2. The highest BCUT2D eigenvalue weighted by Crippen LogP contribution is 2.24. The van der Waals surface area contributed by atoms with Crippen molar-refractivity contribution in [1.82, 2.24) is 10.6 Å². The summed E-state index contributed by atoms with van der Waals surface area (Å²) in [6, 6.07) is 18.0. The quantitative estimate of drug-likeness (QED) is 0.894. The molecular formula is C19H24N2. The fraction of sp³-hybridized carbons (Fsp3) is 0.368. The standard InChI is InChI=1S/C19H24N2/c1-2-15-7-3-4-8-16(15)14-21-19-11-12-20-13-17-9-5-6-10-18(17)19/h3-10,19-21H,2,11-14H2,1H3. The molecule has 2 nitrogen and oxygen atoms in total. The molecule has 2 aromatic carbocycles. The minimum absolute atomic E-state index is 0.445. The van der Waals surface area contributed by atoms with Gasteiger partial charge in [-0.15, -0.1) is 0 Å². The van der Waals surface area contributed by atoms with Gasteiger partial charge in [-0.05, 0) is 41.6 Å². The predicted molar refractivity (Wildman–Crippen MR) is 88.2 cm³/mol. The Balaban J connectivity index is 1.76. The van der Waals surface area contributed by atoms with Crippen LogP contribution >= 0.6 is 0 Å². The van der Waals surface area contributed by atoms with Crippen molar-refractivity contribution in [2.45, 2.75) is 38.9 Å². The lowest BCUT2D eigenvalue weighted by atomic mass is 9.98. The van der Waals surface area contributed by atoms with Gasteiger partial charge in [0.15, 0.2) is 0 Å². The summed E-state index contributed by atoms with van der Waals surface area (Å²) in [5.41, 5.74) is 5.76. The van der Waals surface area contributed by atoms with Crippen LogP contribution in [0.25, 0.3) is 0 Å². The van der Waals surface area contributed by atoms with Gasteiger partial charge in [0, 0.05) is 19.1 Å². The van der Waals surface area contributed by atoms with E-state index >= 15 is 0 Å². The Hall–Kier alpha value is -1.64. The van der Waals surface area contributed by atoms with Crippen LogP contribution in [0.1, 0.15) is 41.6 Å². The summed E-state index contributed by atoms with van der Waals surface area (Å²) in [5.74, 6) is 0. The van der Waals surface area contributed by atoms with Crippen molar-refractivity contribution in [3.05, 3.63) is 70.8 Å². The fourth-order valence-electron chi connectivity index (χ4n) is 3.18. The Kier molecular flexibility index (Phi) is 4.69. The zero-order valence-electron chi connectivity index (χ0n) is 12.7. The Morgan fingerprint density at radius 3 is 2.67 bits per heavy atom. The Morgan fingerprint density at radius 2 is 1.81 bits per heavy atom. The van der Waals surface area contributed by atoms with Gasteiger partial charge >= 0.3 is 0 Å². The monoisotopic (exact) mass is 280 g/mol. The van der Waals surface area contributed by atoms with Gasteiger partial charge in [-0.1, -0.05) is 55.5 Å². The molecule has 21 heavy (non-hydrogen) atoms. The molecule has 1 aliphatic heterocycles. The molecule has 0 aliphatic carbocycles. The second kappa shape index (κ2) is 6.88. The highest BCUT2D eigenvalue weighted by Gasteiger charge is 2.17. The van der Waals surface area contributed by atoms with Crippen LogP contribution in [0.3, 0.4) is 0 Å². The molecule has 0 bridgehead atoms. The van der Waals surface area contributed by atoms with Crippen molar-refractivity contribution >= 4 is 0 Å². The average Bonchev–Trinajstić information content (AvgIpc) is 2.75. The van der Waals surface area contributed by atoms with Crippen molar-refractivity contribution < 1.29 is 0 Å². The number of fused-ring (bicyclic) bond motifs is 1. The molecule has 0 radical (unpaired) electrons. The van der Waals surface area contributed by atoms with Crippen LogP contribution in [0.2, 0.25) is 0 Å². The minimum atomic E-state index is 0.445. The van der Waals surface area contributed by atoms with E-state index in [2.05, 4.69) is 66.1 Å². The topological polar surface area (TPSA) is 24.1 Å². The molecule has 1 unspecified atom stereocenters. The van der Waals surface area contributed by atoms with E-state index in [4.69, 9.17) is 0 Å². The summed E-state index contributed by atoms with van der Waals surface area (Å²) >= 11 is 0. The van der Waals surface area contributed by atoms with Gasteiger partial charge in [0.2, 0.25) is 0 Å². The van der Waals surface area contributed by atoms with Gasteiger partial charge in [-0.3, -0.25) is 0 Å². The van der Waals surface area contributed by atoms with Crippen LogP contribution in [0.4, 0.5) is 0 Å². The smallest absolute Gasteiger partial charge is 0.0338 e. The fourth-order valence-corrected chi connectivity index (χ4v) is 3.18. The zero-order valence-corrected chi connectivity index (χ0v) is 12.7. The van der Waals surface area contributed by atoms with Crippen LogP contribution in [0, 0.1) is 0 Å². The first kappa shape index (κ1) is 14.3. The zero-order chi connectivity index (χ0) is 14.5. The molecule has 2 heteroatoms. The van der Waals surface area contributed by atoms with Gasteiger partial charge in [-0.2, -0.15) is 0 Å². The van der Waals surface area contributed by atoms with E-state index in [9.17, 15) is 0 Å². The second-order valence-corrected chi connectivity index (χ2v) is 5.72. The van der Waals surface area contributed by atoms with Crippen LogP contribution in [-0.4, -0.2) is 6.54 Å². The number of rotatable bonds is 4. The van der Waals surface area contributed by atoms with Gasteiger partial charge in [0.05, 0.1) is 0 Å². The molecule has 0 spiro atoms. The lowest BCUT2D eigenvalue weighted by Crippen LogP contribution is -2.23. The third-order valence-corrected chi connectivity index (χ3v) is 4.39. The molecule has 1 heterocycles. The molecule has 0 saturated carbocycles. The minimum Gasteiger partial charge on any atom is -0.313 e. The van der Waals surface area contributed by atoms with Gasteiger partial charge < -0.3 is 10.6 Å². The SMILES string of the molecule is CCc1ccccc1CNC1CCNCc2ccccc21. The third kappa shape index (κ3) is 3.34. The Labute approximate surface area is 127 Å². The normalized spacial score (nSPS) is 18.0. The lowest BCUT2D eigenvalue weighted by Gasteiger charge is -2.20. The number of hydrogen-bond acceptors (Lipinski definition) is 2. The van der Waals surface area contributed by atoms with Gasteiger partial charge in [-0.25, -0.2) is 0 Å². The Morgan fingerprint density at radius 1 is 1.05 bits per heavy atom. The maximum atomic E-state index is 3.77. The van der Waals surface area contributed by atoms with Crippen molar-refractivity contribution in [3.63, 3.8) is 0 Å². The summed E-state index contributed by atoms with van der Waals surface area (Å²) in [7, 11) is 0. The number of benzene rings is 2. The molecule has 2 aromatic rings. The van der Waals surface area contributed by atoms with E-state index in [1.54, 1.807) is 0 Å². The van der Waals surface area contributed by atoms with E-state index < -0.39 is 0 Å². The molecule has 2 N–H and O–H groups in total. The molecule has 1 aliphatic rings.